The highest BCUT2D eigenvalue weighted by atomic mass is 16.5. The van der Waals surface area contributed by atoms with Crippen molar-refractivity contribution in [3.8, 4) is 5.75 Å². The Morgan fingerprint density at radius 1 is 1.00 bits per heavy atom. The second kappa shape index (κ2) is 8.68. The summed E-state index contributed by atoms with van der Waals surface area (Å²) in [6, 6.07) is 13.1. The smallest absolute Gasteiger partial charge is 0.265 e. The Bertz CT molecular complexity index is 899. The topological polar surface area (TPSA) is 67.4 Å². The molecule has 5 heteroatoms. The molecule has 154 valence electrons. The molecule has 1 unspecified atom stereocenters. The molecule has 29 heavy (non-hydrogen) atoms. The van der Waals surface area contributed by atoms with E-state index < -0.39 is 6.10 Å². The molecule has 0 radical (unpaired) electrons. The zero-order chi connectivity index (χ0) is 21.0. The molecule has 5 nitrogen and oxygen atoms in total. The number of rotatable bonds is 5. The first kappa shape index (κ1) is 20.9. The fourth-order valence-electron chi connectivity index (χ4n) is 3.47. The molecule has 0 spiro atoms. The van der Waals surface area contributed by atoms with Crippen LogP contribution in [0.2, 0.25) is 0 Å². The number of anilines is 1. The van der Waals surface area contributed by atoms with Crippen LogP contribution in [0.4, 0.5) is 5.69 Å². The number of hydrogen-bond acceptors (Lipinski definition) is 3. The van der Waals surface area contributed by atoms with E-state index in [9.17, 15) is 9.59 Å². The second-order valence-electron chi connectivity index (χ2n) is 8.64. The van der Waals surface area contributed by atoms with E-state index in [4.69, 9.17) is 4.74 Å². The number of fused-ring (bicyclic) bond motifs is 1. The number of carbonyl (C=O) groups is 2. The average Bonchev–Trinajstić information content (AvgIpc) is 2.67. The van der Waals surface area contributed by atoms with Crippen LogP contribution >= 0.6 is 0 Å². The van der Waals surface area contributed by atoms with E-state index in [2.05, 4.69) is 16.7 Å². The van der Waals surface area contributed by atoms with Crippen LogP contribution in [-0.4, -0.2) is 23.5 Å². The molecule has 0 bridgehead atoms. The monoisotopic (exact) mass is 394 g/mol. The van der Waals surface area contributed by atoms with Crippen molar-refractivity contribution in [1.29, 1.82) is 0 Å². The Morgan fingerprint density at radius 3 is 2.41 bits per heavy atom. The predicted octanol–water partition coefficient (Wildman–Crippen LogP) is 4.50. The number of hydrogen-bond donors (Lipinski definition) is 2. The number of benzene rings is 2. The Labute approximate surface area is 172 Å². The van der Waals surface area contributed by atoms with E-state index in [1.807, 2.05) is 32.9 Å². The molecule has 2 aromatic carbocycles. The first-order valence-corrected chi connectivity index (χ1v) is 10.2. The lowest BCUT2D eigenvalue weighted by atomic mass is 9.92. The van der Waals surface area contributed by atoms with Crippen LogP contribution in [-0.2, 0) is 17.6 Å². The lowest BCUT2D eigenvalue weighted by Crippen LogP contribution is -2.41. The van der Waals surface area contributed by atoms with Crippen LogP contribution in [0.25, 0.3) is 0 Å². The van der Waals surface area contributed by atoms with Gasteiger partial charge in [-0.05, 0) is 88.8 Å². The molecular formula is C24H30N2O3. The summed E-state index contributed by atoms with van der Waals surface area (Å²) in [6.07, 6.45) is 3.91. The lowest BCUT2D eigenvalue weighted by Gasteiger charge is -2.22. The zero-order valence-electron chi connectivity index (χ0n) is 17.7. The van der Waals surface area contributed by atoms with Crippen LogP contribution in [0, 0.1) is 0 Å². The summed E-state index contributed by atoms with van der Waals surface area (Å²) in [7, 11) is 0. The Kier molecular flexibility index (Phi) is 6.26. The molecular weight excluding hydrogens is 364 g/mol. The molecule has 2 amide bonds. The van der Waals surface area contributed by atoms with Crippen molar-refractivity contribution >= 4 is 17.5 Å². The van der Waals surface area contributed by atoms with E-state index >= 15 is 0 Å². The molecule has 1 aliphatic rings. The fraction of sp³-hybridized carbons (Fsp3) is 0.417. The molecule has 1 aliphatic carbocycles. The van der Waals surface area contributed by atoms with Gasteiger partial charge >= 0.3 is 0 Å². The van der Waals surface area contributed by atoms with Crippen LogP contribution in [0.1, 0.15) is 62.0 Å². The summed E-state index contributed by atoms with van der Waals surface area (Å²) < 4.78 is 5.88. The molecule has 3 rings (SSSR count). The SMILES string of the molecule is CC(Oc1ccc2c(c1)CCCC2)C(=O)Nc1ccccc1C(=O)NC(C)(C)C. The van der Waals surface area contributed by atoms with Crippen LogP contribution < -0.4 is 15.4 Å². The summed E-state index contributed by atoms with van der Waals surface area (Å²) in [6.45, 7) is 7.47. The lowest BCUT2D eigenvalue weighted by molar-refractivity contribution is -0.122. The van der Waals surface area contributed by atoms with Crippen molar-refractivity contribution in [3.05, 3.63) is 59.2 Å². The van der Waals surface area contributed by atoms with Gasteiger partial charge in [-0.1, -0.05) is 18.2 Å². The van der Waals surface area contributed by atoms with Gasteiger partial charge in [-0.2, -0.15) is 0 Å². The highest BCUT2D eigenvalue weighted by Gasteiger charge is 2.21. The second-order valence-corrected chi connectivity index (χ2v) is 8.64. The van der Waals surface area contributed by atoms with Gasteiger partial charge in [0.05, 0.1) is 11.3 Å². The summed E-state index contributed by atoms with van der Waals surface area (Å²) in [5.74, 6) is 0.183. The molecule has 1 atom stereocenters. The molecule has 0 fully saturated rings. The maximum atomic E-state index is 12.7. The summed E-state index contributed by atoms with van der Waals surface area (Å²) in [5.41, 5.74) is 3.22. The van der Waals surface area contributed by atoms with Crippen molar-refractivity contribution in [2.45, 2.75) is 65.0 Å². The number of nitrogens with one attached hydrogen (secondary N) is 2. The van der Waals surface area contributed by atoms with E-state index in [0.717, 1.165) is 12.8 Å². The third-order valence-electron chi connectivity index (χ3n) is 4.92. The van der Waals surface area contributed by atoms with Gasteiger partial charge in [0, 0.05) is 5.54 Å². The number of carbonyl (C=O) groups excluding carboxylic acids is 2. The van der Waals surface area contributed by atoms with Gasteiger partial charge < -0.3 is 15.4 Å². The third-order valence-corrected chi connectivity index (χ3v) is 4.92. The van der Waals surface area contributed by atoms with Crippen LogP contribution in [0.3, 0.4) is 0 Å². The maximum absolute atomic E-state index is 12.7. The van der Waals surface area contributed by atoms with Crippen molar-refractivity contribution in [2.24, 2.45) is 0 Å². The van der Waals surface area contributed by atoms with Crippen molar-refractivity contribution in [3.63, 3.8) is 0 Å². The summed E-state index contributed by atoms with van der Waals surface area (Å²) in [4.78, 5) is 25.3. The minimum absolute atomic E-state index is 0.225. The third kappa shape index (κ3) is 5.59. The fourth-order valence-corrected chi connectivity index (χ4v) is 3.47. The first-order chi connectivity index (χ1) is 13.7. The summed E-state index contributed by atoms with van der Waals surface area (Å²) in [5, 5.41) is 5.76. The number of ether oxygens (including phenoxy) is 1. The molecule has 0 heterocycles. The number of aryl methyl sites for hydroxylation is 2. The van der Waals surface area contributed by atoms with Crippen molar-refractivity contribution < 1.29 is 14.3 Å². The maximum Gasteiger partial charge on any atom is 0.265 e. The normalized spacial score (nSPS) is 14.5. The van der Waals surface area contributed by atoms with E-state index in [1.54, 1.807) is 31.2 Å². The summed E-state index contributed by atoms with van der Waals surface area (Å²) >= 11 is 0. The molecule has 2 N–H and O–H groups in total. The Hall–Kier alpha value is -2.82. The minimum Gasteiger partial charge on any atom is -0.481 e. The Morgan fingerprint density at radius 2 is 1.69 bits per heavy atom. The molecule has 0 saturated carbocycles. The number of amides is 2. The van der Waals surface area contributed by atoms with Crippen LogP contribution in [0.5, 0.6) is 5.75 Å². The Balaban J connectivity index is 1.68. The van der Waals surface area contributed by atoms with E-state index in [1.165, 1.54) is 24.0 Å². The standard InChI is InChI=1S/C24H30N2O3/c1-16(29-19-14-13-17-9-5-6-10-18(17)15-19)22(27)25-21-12-8-7-11-20(21)23(28)26-24(2,3)4/h7-8,11-16H,5-6,9-10H2,1-4H3,(H,25,27)(H,26,28). The molecule has 2 aromatic rings. The van der Waals surface area contributed by atoms with Crippen LogP contribution in [0.15, 0.2) is 42.5 Å². The average molecular weight is 395 g/mol. The van der Waals surface area contributed by atoms with Gasteiger partial charge in [0.15, 0.2) is 6.10 Å². The predicted molar refractivity (Wildman–Crippen MR) is 115 cm³/mol. The van der Waals surface area contributed by atoms with Gasteiger partial charge in [-0.25, -0.2) is 0 Å². The highest BCUT2D eigenvalue weighted by molar-refractivity contribution is 6.04. The quantitative estimate of drug-likeness (QED) is 0.785. The van der Waals surface area contributed by atoms with Crippen molar-refractivity contribution in [1.82, 2.24) is 5.32 Å². The number of para-hydroxylation sites is 1. The zero-order valence-corrected chi connectivity index (χ0v) is 17.7. The minimum atomic E-state index is -0.685. The van der Waals surface area contributed by atoms with Gasteiger partial charge in [0.25, 0.3) is 11.8 Å². The first-order valence-electron chi connectivity index (χ1n) is 10.2. The van der Waals surface area contributed by atoms with Gasteiger partial charge in [0.2, 0.25) is 0 Å². The highest BCUT2D eigenvalue weighted by Crippen LogP contribution is 2.26. The van der Waals surface area contributed by atoms with E-state index in [-0.39, 0.29) is 17.4 Å². The largest absolute Gasteiger partial charge is 0.481 e. The van der Waals surface area contributed by atoms with E-state index in [0.29, 0.717) is 17.0 Å². The molecule has 0 aliphatic heterocycles. The van der Waals surface area contributed by atoms with Gasteiger partial charge in [-0.15, -0.1) is 0 Å². The van der Waals surface area contributed by atoms with Gasteiger partial charge in [0.1, 0.15) is 5.75 Å². The van der Waals surface area contributed by atoms with Gasteiger partial charge in [-0.3, -0.25) is 9.59 Å². The molecule has 0 aromatic heterocycles. The van der Waals surface area contributed by atoms with Crippen molar-refractivity contribution in [2.75, 3.05) is 5.32 Å². The molecule has 0 saturated heterocycles.